The maximum Gasteiger partial charge on any atom is 0.265 e. The van der Waals surface area contributed by atoms with Crippen LogP contribution in [0.1, 0.15) is 30.4 Å². The minimum Gasteiger partial charge on any atom is -0.382 e. The SMILES string of the molecule is CCOCC(NC(=O)c1sc(NC)nc1N)C(C)C. The molecule has 0 aliphatic carbocycles. The van der Waals surface area contributed by atoms with Crippen molar-refractivity contribution in [3.63, 3.8) is 0 Å². The van der Waals surface area contributed by atoms with Gasteiger partial charge in [0.25, 0.3) is 5.91 Å². The van der Waals surface area contributed by atoms with Gasteiger partial charge < -0.3 is 21.1 Å². The number of thiazole rings is 1. The monoisotopic (exact) mass is 286 g/mol. The maximum atomic E-state index is 12.2. The second-order valence-corrected chi connectivity index (χ2v) is 5.47. The fraction of sp³-hybridized carbons (Fsp3) is 0.667. The van der Waals surface area contributed by atoms with Crippen molar-refractivity contribution in [1.82, 2.24) is 10.3 Å². The lowest BCUT2D eigenvalue weighted by molar-refractivity contribution is 0.0810. The molecule has 108 valence electrons. The Balaban J connectivity index is 2.72. The van der Waals surface area contributed by atoms with Crippen molar-refractivity contribution in [3.05, 3.63) is 4.88 Å². The lowest BCUT2D eigenvalue weighted by Crippen LogP contribution is -2.41. The van der Waals surface area contributed by atoms with Crippen LogP contribution in [0.4, 0.5) is 10.9 Å². The highest BCUT2D eigenvalue weighted by Gasteiger charge is 2.21. The average molecular weight is 286 g/mol. The highest BCUT2D eigenvalue weighted by Crippen LogP contribution is 2.24. The molecule has 4 N–H and O–H groups in total. The van der Waals surface area contributed by atoms with Crippen LogP contribution in [0.5, 0.6) is 0 Å². The summed E-state index contributed by atoms with van der Waals surface area (Å²) in [5, 5.41) is 6.45. The Labute approximate surface area is 117 Å². The molecule has 1 aromatic rings. The van der Waals surface area contributed by atoms with Crippen molar-refractivity contribution in [2.45, 2.75) is 26.8 Å². The summed E-state index contributed by atoms with van der Waals surface area (Å²) < 4.78 is 5.38. The number of nitrogen functional groups attached to an aromatic ring is 1. The normalized spacial score (nSPS) is 12.5. The fourth-order valence-corrected chi connectivity index (χ4v) is 2.22. The van der Waals surface area contributed by atoms with E-state index in [4.69, 9.17) is 10.5 Å². The van der Waals surface area contributed by atoms with Gasteiger partial charge in [0.1, 0.15) is 10.7 Å². The molecule has 0 aliphatic rings. The van der Waals surface area contributed by atoms with Crippen LogP contribution in [0, 0.1) is 5.92 Å². The number of rotatable bonds is 7. The first-order valence-corrected chi connectivity index (χ1v) is 7.13. The minimum absolute atomic E-state index is 0.0352. The molecule has 19 heavy (non-hydrogen) atoms. The number of aromatic nitrogens is 1. The van der Waals surface area contributed by atoms with E-state index in [1.54, 1.807) is 7.05 Å². The average Bonchev–Trinajstić information content (AvgIpc) is 2.75. The van der Waals surface area contributed by atoms with Gasteiger partial charge in [-0.3, -0.25) is 4.79 Å². The molecule has 6 nitrogen and oxygen atoms in total. The third-order valence-electron chi connectivity index (χ3n) is 2.70. The van der Waals surface area contributed by atoms with Crippen LogP contribution in [0.3, 0.4) is 0 Å². The van der Waals surface area contributed by atoms with E-state index in [1.807, 2.05) is 20.8 Å². The van der Waals surface area contributed by atoms with Gasteiger partial charge in [-0.15, -0.1) is 0 Å². The number of nitrogens with zero attached hydrogens (tertiary/aromatic N) is 1. The zero-order valence-electron chi connectivity index (χ0n) is 11.8. The van der Waals surface area contributed by atoms with E-state index >= 15 is 0 Å². The molecule has 0 spiro atoms. The van der Waals surface area contributed by atoms with Gasteiger partial charge in [0.15, 0.2) is 5.13 Å². The first kappa shape index (κ1) is 15.7. The van der Waals surface area contributed by atoms with Gasteiger partial charge in [0.2, 0.25) is 0 Å². The summed E-state index contributed by atoms with van der Waals surface area (Å²) in [5.41, 5.74) is 5.74. The second-order valence-electron chi connectivity index (χ2n) is 4.47. The molecular weight excluding hydrogens is 264 g/mol. The van der Waals surface area contributed by atoms with Crippen LogP contribution in [0.15, 0.2) is 0 Å². The fourth-order valence-electron chi connectivity index (χ4n) is 1.48. The molecule has 1 unspecified atom stereocenters. The van der Waals surface area contributed by atoms with Crippen molar-refractivity contribution in [1.29, 1.82) is 0 Å². The molecule has 0 saturated heterocycles. The molecule has 1 aromatic heterocycles. The maximum absolute atomic E-state index is 12.2. The molecule has 1 amide bonds. The number of hydrogen-bond donors (Lipinski definition) is 3. The molecule has 1 atom stereocenters. The van der Waals surface area contributed by atoms with Gasteiger partial charge in [-0.05, 0) is 12.8 Å². The summed E-state index contributed by atoms with van der Waals surface area (Å²) in [6, 6.07) is -0.0352. The Morgan fingerprint density at radius 2 is 2.21 bits per heavy atom. The minimum atomic E-state index is -0.199. The highest BCUT2D eigenvalue weighted by atomic mass is 32.1. The number of amides is 1. The summed E-state index contributed by atoms with van der Waals surface area (Å²) in [7, 11) is 1.74. The van der Waals surface area contributed by atoms with Gasteiger partial charge in [-0.25, -0.2) is 4.98 Å². The quantitative estimate of drug-likeness (QED) is 0.708. The molecule has 1 rings (SSSR count). The Morgan fingerprint density at radius 1 is 1.53 bits per heavy atom. The van der Waals surface area contributed by atoms with Crippen LogP contribution in [0.25, 0.3) is 0 Å². The number of anilines is 2. The molecule has 1 heterocycles. The third-order valence-corrected chi connectivity index (χ3v) is 3.78. The van der Waals surface area contributed by atoms with Crippen molar-refractivity contribution < 1.29 is 9.53 Å². The number of nitrogens with one attached hydrogen (secondary N) is 2. The standard InChI is InChI=1S/C12H22N4O2S/c1-5-18-6-8(7(2)3)15-11(17)9-10(13)16-12(14-4)19-9/h7-8H,5-6,13H2,1-4H3,(H,14,16)(H,15,17). The Hall–Kier alpha value is -1.34. The Bertz CT molecular complexity index is 420. The largest absolute Gasteiger partial charge is 0.382 e. The van der Waals surface area contributed by atoms with Crippen molar-refractivity contribution in [2.75, 3.05) is 31.3 Å². The second kappa shape index (κ2) is 7.30. The Morgan fingerprint density at radius 3 is 2.68 bits per heavy atom. The Kier molecular flexibility index (Phi) is 6.04. The van der Waals surface area contributed by atoms with E-state index in [0.717, 1.165) is 0 Å². The molecule has 0 aromatic carbocycles. The van der Waals surface area contributed by atoms with E-state index in [2.05, 4.69) is 15.6 Å². The van der Waals surface area contributed by atoms with Crippen LogP contribution in [-0.2, 0) is 4.74 Å². The van der Waals surface area contributed by atoms with E-state index in [0.29, 0.717) is 23.2 Å². The predicted molar refractivity (Wildman–Crippen MR) is 78.7 cm³/mol. The molecule has 0 aliphatic heterocycles. The number of carbonyl (C=O) groups excluding carboxylic acids is 1. The van der Waals surface area contributed by atoms with Crippen LogP contribution in [-0.4, -0.2) is 37.2 Å². The zero-order chi connectivity index (χ0) is 14.4. The zero-order valence-corrected chi connectivity index (χ0v) is 12.6. The summed E-state index contributed by atoms with van der Waals surface area (Å²) >= 11 is 1.25. The van der Waals surface area contributed by atoms with Crippen LogP contribution >= 0.6 is 11.3 Å². The van der Waals surface area contributed by atoms with Crippen LogP contribution < -0.4 is 16.4 Å². The van der Waals surface area contributed by atoms with E-state index in [1.165, 1.54) is 11.3 Å². The summed E-state index contributed by atoms with van der Waals surface area (Å²) in [6.45, 7) is 7.14. The van der Waals surface area contributed by atoms with Crippen LogP contribution in [0.2, 0.25) is 0 Å². The summed E-state index contributed by atoms with van der Waals surface area (Å²) in [5.74, 6) is 0.342. The smallest absolute Gasteiger partial charge is 0.265 e. The molecule has 7 heteroatoms. The molecule has 0 saturated carbocycles. The topological polar surface area (TPSA) is 89.3 Å². The van der Waals surface area contributed by atoms with E-state index in [9.17, 15) is 4.79 Å². The number of hydrogen-bond acceptors (Lipinski definition) is 6. The summed E-state index contributed by atoms with van der Waals surface area (Å²) in [4.78, 5) is 16.7. The van der Waals surface area contributed by atoms with Crippen molar-refractivity contribution >= 4 is 28.2 Å². The predicted octanol–water partition coefficient (Wildman–Crippen LogP) is 1.56. The first-order chi connectivity index (χ1) is 8.99. The van der Waals surface area contributed by atoms with E-state index in [-0.39, 0.29) is 23.7 Å². The number of carbonyl (C=O) groups is 1. The lowest BCUT2D eigenvalue weighted by Gasteiger charge is -2.21. The van der Waals surface area contributed by atoms with Crippen molar-refractivity contribution in [2.24, 2.45) is 5.92 Å². The molecule has 0 radical (unpaired) electrons. The first-order valence-electron chi connectivity index (χ1n) is 6.32. The number of ether oxygens (including phenoxy) is 1. The van der Waals surface area contributed by atoms with E-state index < -0.39 is 0 Å². The van der Waals surface area contributed by atoms with Gasteiger partial charge in [-0.1, -0.05) is 25.2 Å². The van der Waals surface area contributed by atoms with Gasteiger partial charge >= 0.3 is 0 Å². The van der Waals surface area contributed by atoms with Gasteiger partial charge in [-0.2, -0.15) is 0 Å². The number of nitrogens with two attached hydrogens (primary N) is 1. The highest BCUT2D eigenvalue weighted by molar-refractivity contribution is 7.18. The van der Waals surface area contributed by atoms with Gasteiger partial charge in [0, 0.05) is 13.7 Å². The third kappa shape index (κ3) is 4.36. The lowest BCUT2D eigenvalue weighted by atomic mass is 10.1. The molecular formula is C12H22N4O2S. The molecule has 0 fully saturated rings. The van der Waals surface area contributed by atoms with Crippen molar-refractivity contribution in [3.8, 4) is 0 Å². The molecule has 0 bridgehead atoms. The summed E-state index contributed by atoms with van der Waals surface area (Å²) in [6.07, 6.45) is 0. The van der Waals surface area contributed by atoms with Gasteiger partial charge in [0.05, 0.1) is 12.6 Å².